The molecule has 0 unspecified atom stereocenters. The largest absolute Gasteiger partial charge is 0.299 e. The van der Waals surface area contributed by atoms with Gasteiger partial charge in [-0.25, -0.2) is 9.67 Å². The molecule has 0 bridgehead atoms. The molecular formula is C16H13ClN4O2. The van der Waals surface area contributed by atoms with Crippen molar-refractivity contribution in [1.29, 1.82) is 0 Å². The van der Waals surface area contributed by atoms with Crippen LogP contribution in [-0.4, -0.2) is 25.5 Å². The number of rotatable bonds is 5. The topological polar surface area (TPSA) is 80.6 Å². The zero-order valence-corrected chi connectivity index (χ0v) is 12.8. The maximum absolute atomic E-state index is 12.1. The molecule has 3 rings (SSSR count). The standard InChI is InChI=1S/C16H13ClN4O2/c17-13-4-2-11(3-5-13)8-14(22)9-12-10-18-16(20-15(12)23)21-7-1-6-19-21/h1-7,10H,8-9H2,(H,18,20,23). The van der Waals surface area contributed by atoms with Gasteiger partial charge in [0.2, 0.25) is 5.95 Å². The second-order valence-corrected chi connectivity index (χ2v) is 5.47. The lowest BCUT2D eigenvalue weighted by atomic mass is 10.0. The van der Waals surface area contributed by atoms with E-state index in [0.717, 1.165) is 5.56 Å². The van der Waals surface area contributed by atoms with Crippen LogP contribution >= 0.6 is 11.6 Å². The highest BCUT2D eigenvalue weighted by atomic mass is 35.5. The molecule has 1 aromatic carbocycles. The molecule has 7 heteroatoms. The third-order valence-electron chi connectivity index (χ3n) is 3.28. The van der Waals surface area contributed by atoms with E-state index in [9.17, 15) is 9.59 Å². The number of benzene rings is 1. The number of carbonyl (C=O) groups excluding carboxylic acids is 1. The molecule has 0 saturated carbocycles. The van der Waals surface area contributed by atoms with E-state index in [2.05, 4.69) is 15.1 Å². The smallest absolute Gasteiger partial charge is 0.255 e. The van der Waals surface area contributed by atoms with Crippen molar-refractivity contribution in [3.05, 3.63) is 75.4 Å². The van der Waals surface area contributed by atoms with E-state index in [1.165, 1.54) is 10.9 Å². The van der Waals surface area contributed by atoms with Crippen LogP contribution in [0.5, 0.6) is 0 Å². The van der Waals surface area contributed by atoms with Crippen molar-refractivity contribution in [3.8, 4) is 5.95 Å². The first-order valence-corrected chi connectivity index (χ1v) is 7.34. The van der Waals surface area contributed by atoms with Crippen molar-refractivity contribution >= 4 is 17.4 Å². The van der Waals surface area contributed by atoms with Crippen LogP contribution in [-0.2, 0) is 17.6 Å². The predicted molar refractivity (Wildman–Crippen MR) is 85.8 cm³/mol. The van der Waals surface area contributed by atoms with E-state index in [0.29, 0.717) is 16.5 Å². The number of hydrogen-bond acceptors (Lipinski definition) is 4. The summed E-state index contributed by atoms with van der Waals surface area (Å²) in [6.45, 7) is 0. The summed E-state index contributed by atoms with van der Waals surface area (Å²) in [6.07, 6.45) is 4.95. The summed E-state index contributed by atoms with van der Waals surface area (Å²) < 4.78 is 1.45. The first-order chi connectivity index (χ1) is 11.1. The lowest BCUT2D eigenvalue weighted by Gasteiger charge is -2.03. The maximum Gasteiger partial charge on any atom is 0.255 e. The Labute approximate surface area is 136 Å². The Kier molecular flexibility index (Phi) is 4.34. The third kappa shape index (κ3) is 3.73. The molecule has 0 saturated heterocycles. The van der Waals surface area contributed by atoms with Crippen molar-refractivity contribution in [2.75, 3.05) is 0 Å². The number of nitrogens with one attached hydrogen (secondary N) is 1. The van der Waals surface area contributed by atoms with Crippen LogP contribution in [0, 0.1) is 0 Å². The molecule has 2 heterocycles. The Balaban J connectivity index is 1.71. The lowest BCUT2D eigenvalue weighted by molar-refractivity contribution is -0.117. The highest BCUT2D eigenvalue weighted by molar-refractivity contribution is 6.30. The Morgan fingerprint density at radius 1 is 1.22 bits per heavy atom. The molecule has 1 N–H and O–H groups in total. The van der Waals surface area contributed by atoms with Crippen LogP contribution < -0.4 is 5.56 Å². The van der Waals surface area contributed by atoms with Crippen molar-refractivity contribution in [2.24, 2.45) is 0 Å². The number of halogens is 1. The quantitative estimate of drug-likeness (QED) is 0.776. The summed E-state index contributed by atoms with van der Waals surface area (Å²) in [7, 11) is 0. The maximum atomic E-state index is 12.1. The summed E-state index contributed by atoms with van der Waals surface area (Å²) >= 11 is 5.81. The molecular weight excluding hydrogens is 316 g/mol. The van der Waals surface area contributed by atoms with Crippen molar-refractivity contribution in [1.82, 2.24) is 19.7 Å². The van der Waals surface area contributed by atoms with E-state index < -0.39 is 0 Å². The van der Waals surface area contributed by atoms with Crippen molar-refractivity contribution in [3.63, 3.8) is 0 Å². The summed E-state index contributed by atoms with van der Waals surface area (Å²) in [4.78, 5) is 30.9. The average Bonchev–Trinajstić information content (AvgIpc) is 3.06. The van der Waals surface area contributed by atoms with Crippen molar-refractivity contribution in [2.45, 2.75) is 12.8 Å². The second kappa shape index (κ2) is 6.58. The van der Waals surface area contributed by atoms with Gasteiger partial charge in [-0.3, -0.25) is 14.6 Å². The van der Waals surface area contributed by atoms with Gasteiger partial charge in [0.25, 0.3) is 5.56 Å². The average molecular weight is 329 g/mol. The Hall–Kier alpha value is -2.73. The normalized spacial score (nSPS) is 10.7. The van der Waals surface area contributed by atoms with Crippen LogP contribution in [0.15, 0.2) is 53.7 Å². The molecule has 0 radical (unpaired) electrons. The first-order valence-electron chi connectivity index (χ1n) is 6.96. The first kappa shape index (κ1) is 15.2. The van der Waals surface area contributed by atoms with Gasteiger partial charge in [0.15, 0.2) is 0 Å². The zero-order chi connectivity index (χ0) is 16.2. The fraction of sp³-hybridized carbons (Fsp3) is 0.125. The molecule has 0 fully saturated rings. The van der Waals surface area contributed by atoms with Gasteiger partial charge in [0.05, 0.1) is 0 Å². The summed E-state index contributed by atoms with van der Waals surface area (Å²) in [5.74, 6) is 0.250. The van der Waals surface area contributed by atoms with Crippen LogP contribution in [0.25, 0.3) is 5.95 Å². The number of H-pyrrole nitrogens is 1. The summed E-state index contributed by atoms with van der Waals surface area (Å²) in [6, 6.07) is 8.78. The fourth-order valence-corrected chi connectivity index (χ4v) is 2.28. The number of Topliss-reactive ketones (excluding diaryl/α,β-unsaturated/α-hetero) is 1. The summed E-state index contributed by atoms with van der Waals surface area (Å²) in [5.41, 5.74) is 0.853. The highest BCUT2D eigenvalue weighted by Gasteiger charge is 2.10. The van der Waals surface area contributed by atoms with Crippen LogP contribution in [0.1, 0.15) is 11.1 Å². The Morgan fingerprint density at radius 2 is 2.00 bits per heavy atom. The number of hydrogen-bond donors (Lipinski definition) is 1. The predicted octanol–water partition coefficient (Wildman–Crippen LogP) is 1.96. The molecule has 116 valence electrons. The van der Waals surface area contributed by atoms with Gasteiger partial charge < -0.3 is 0 Å². The van der Waals surface area contributed by atoms with E-state index >= 15 is 0 Å². The van der Waals surface area contributed by atoms with Gasteiger partial charge in [0.1, 0.15) is 5.78 Å². The minimum atomic E-state index is -0.338. The SMILES string of the molecule is O=C(Cc1ccc(Cl)cc1)Cc1cnc(-n2cccn2)[nH]c1=O. The number of nitrogens with zero attached hydrogens (tertiary/aromatic N) is 3. The molecule has 0 aliphatic carbocycles. The van der Waals surface area contributed by atoms with Gasteiger partial charge in [-0.2, -0.15) is 5.10 Å². The van der Waals surface area contributed by atoms with Crippen LogP contribution in [0.2, 0.25) is 5.02 Å². The van der Waals surface area contributed by atoms with E-state index in [1.807, 2.05) is 0 Å². The minimum Gasteiger partial charge on any atom is -0.299 e. The van der Waals surface area contributed by atoms with E-state index in [1.54, 1.807) is 42.7 Å². The van der Waals surface area contributed by atoms with Gasteiger partial charge >= 0.3 is 0 Å². The zero-order valence-electron chi connectivity index (χ0n) is 12.1. The Morgan fingerprint density at radius 3 is 2.65 bits per heavy atom. The number of aromatic nitrogens is 4. The van der Waals surface area contributed by atoms with Gasteiger partial charge in [-0.05, 0) is 23.8 Å². The van der Waals surface area contributed by atoms with E-state index in [-0.39, 0.29) is 24.2 Å². The number of aromatic amines is 1. The van der Waals surface area contributed by atoms with E-state index in [4.69, 9.17) is 11.6 Å². The number of ketones is 1. The fourth-order valence-electron chi connectivity index (χ4n) is 2.15. The monoisotopic (exact) mass is 328 g/mol. The molecule has 0 aliphatic rings. The third-order valence-corrected chi connectivity index (χ3v) is 3.54. The van der Waals surface area contributed by atoms with Gasteiger partial charge in [-0.15, -0.1) is 0 Å². The number of carbonyl (C=O) groups is 1. The molecule has 0 spiro atoms. The molecule has 0 atom stereocenters. The minimum absolute atomic E-state index is 0.0321. The highest BCUT2D eigenvalue weighted by Crippen LogP contribution is 2.10. The van der Waals surface area contributed by atoms with Crippen LogP contribution in [0.3, 0.4) is 0 Å². The molecule has 23 heavy (non-hydrogen) atoms. The summed E-state index contributed by atoms with van der Waals surface area (Å²) in [5, 5.41) is 4.61. The lowest BCUT2D eigenvalue weighted by Crippen LogP contribution is -2.20. The molecule has 2 aromatic heterocycles. The van der Waals surface area contributed by atoms with Crippen LogP contribution in [0.4, 0.5) is 0 Å². The van der Waals surface area contributed by atoms with Gasteiger partial charge in [0, 0.05) is 42.0 Å². The molecule has 6 nitrogen and oxygen atoms in total. The molecule has 0 aliphatic heterocycles. The second-order valence-electron chi connectivity index (χ2n) is 5.03. The van der Waals surface area contributed by atoms with Crippen molar-refractivity contribution < 1.29 is 4.79 Å². The molecule has 0 amide bonds. The molecule has 3 aromatic rings. The Bertz CT molecular complexity index is 870. The van der Waals surface area contributed by atoms with Gasteiger partial charge in [-0.1, -0.05) is 23.7 Å².